The fourth-order valence-corrected chi connectivity index (χ4v) is 5.34. The van der Waals surface area contributed by atoms with Crippen LogP contribution in [0.1, 0.15) is 42.6 Å². The molecule has 0 aliphatic carbocycles. The van der Waals surface area contributed by atoms with Crippen LogP contribution in [0.25, 0.3) is 0 Å². The van der Waals surface area contributed by atoms with Crippen LogP contribution < -0.4 is 0 Å². The van der Waals surface area contributed by atoms with E-state index in [0.29, 0.717) is 17.2 Å². The zero-order valence-corrected chi connectivity index (χ0v) is 19.7. The highest BCUT2D eigenvalue weighted by Crippen LogP contribution is 2.45. The number of carboxylic acids is 1. The van der Waals surface area contributed by atoms with E-state index in [0.717, 1.165) is 16.2 Å². The average molecular weight is 475 g/mol. The summed E-state index contributed by atoms with van der Waals surface area (Å²) in [6.07, 6.45) is 2.07. The molecular weight excluding hydrogens is 448 g/mol. The van der Waals surface area contributed by atoms with E-state index in [4.69, 9.17) is 21.1 Å². The third kappa shape index (κ3) is 6.03. The number of benzene rings is 2. The van der Waals surface area contributed by atoms with Crippen molar-refractivity contribution in [3.8, 4) is 0 Å². The normalized spacial score (nSPS) is 18.1. The molecular formula is C25H27ClO5S. The molecule has 0 saturated heterocycles. The van der Waals surface area contributed by atoms with Crippen LogP contribution in [0.15, 0.2) is 76.1 Å². The van der Waals surface area contributed by atoms with Crippen molar-refractivity contribution < 1.29 is 24.2 Å². The lowest BCUT2D eigenvalue weighted by Gasteiger charge is -2.24. The van der Waals surface area contributed by atoms with Crippen LogP contribution in [0.2, 0.25) is 5.02 Å². The number of carbonyl (C=O) groups excluding carboxylic acids is 1. The first-order chi connectivity index (χ1) is 15.3. The van der Waals surface area contributed by atoms with Gasteiger partial charge in [-0.25, -0.2) is 4.79 Å². The summed E-state index contributed by atoms with van der Waals surface area (Å²) < 4.78 is 11.2. The summed E-state index contributed by atoms with van der Waals surface area (Å²) in [5, 5.41) is 13.9. The van der Waals surface area contributed by atoms with Crippen molar-refractivity contribution in [2.45, 2.75) is 43.8 Å². The van der Waals surface area contributed by atoms with Gasteiger partial charge in [-0.15, -0.1) is 0 Å². The van der Waals surface area contributed by atoms with Gasteiger partial charge < -0.3 is 14.6 Å². The van der Waals surface area contributed by atoms with Crippen molar-refractivity contribution in [3.63, 3.8) is 0 Å². The molecule has 3 rings (SSSR count). The number of Topliss-reactive ketones (excluding diaryl/α,β-unsaturated/α-hetero) is 1. The molecule has 2 aromatic rings. The molecule has 0 bridgehead atoms. The number of rotatable bonds is 11. The molecule has 0 radical (unpaired) electrons. The largest absolute Gasteiger partial charge is 0.488 e. The molecule has 1 aliphatic heterocycles. The van der Waals surface area contributed by atoms with Crippen LogP contribution in [0.5, 0.6) is 0 Å². The van der Waals surface area contributed by atoms with Gasteiger partial charge in [-0.3, -0.25) is 4.79 Å². The van der Waals surface area contributed by atoms with Crippen molar-refractivity contribution in [1.29, 1.82) is 0 Å². The van der Waals surface area contributed by atoms with Crippen LogP contribution in [0.4, 0.5) is 0 Å². The number of ether oxygens (including phenoxy) is 2. The molecule has 1 heterocycles. The maximum absolute atomic E-state index is 12.7. The number of hydrogen-bond acceptors (Lipinski definition) is 4. The maximum atomic E-state index is 12.7. The summed E-state index contributed by atoms with van der Waals surface area (Å²) in [6, 6.07) is 15.4. The van der Waals surface area contributed by atoms with Gasteiger partial charge in [0.25, 0.3) is 0 Å². The van der Waals surface area contributed by atoms with Crippen LogP contribution in [0.3, 0.4) is 0 Å². The minimum absolute atomic E-state index is 0.0356. The summed E-state index contributed by atoms with van der Waals surface area (Å²) in [7, 11) is -0.709. The predicted octanol–water partition coefficient (Wildman–Crippen LogP) is 6.13. The van der Waals surface area contributed by atoms with Crippen molar-refractivity contribution in [2.24, 2.45) is 0 Å². The lowest BCUT2D eigenvalue weighted by atomic mass is 9.96. The monoisotopic (exact) mass is 474 g/mol. The molecule has 7 heteroatoms. The number of hydrogen-bond donors (Lipinski definition) is 2. The Morgan fingerprint density at radius 2 is 1.91 bits per heavy atom. The molecule has 5 nitrogen and oxygen atoms in total. The van der Waals surface area contributed by atoms with E-state index in [1.165, 1.54) is 6.92 Å². The summed E-state index contributed by atoms with van der Waals surface area (Å²) in [5.74, 6) is -0.465. The number of thiol groups is 1. The fourth-order valence-electron chi connectivity index (χ4n) is 3.30. The molecule has 2 atom stereocenters. The van der Waals surface area contributed by atoms with E-state index < -0.39 is 22.5 Å². The van der Waals surface area contributed by atoms with Crippen molar-refractivity contribution in [1.82, 2.24) is 0 Å². The van der Waals surface area contributed by atoms with Crippen molar-refractivity contribution >= 4 is 34.2 Å². The van der Waals surface area contributed by atoms with Gasteiger partial charge in [0.2, 0.25) is 0 Å². The van der Waals surface area contributed by atoms with Gasteiger partial charge in [0.1, 0.15) is 12.4 Å². The minimum Gasteiger partial charge on any atom is -0.488 e. The Morgan fingerprint density at radius 1 is 1.16 bits per heavy atom. The predicted molar refractivity (Wildman–Crippen MR) is 128 cm³/mol. The second kappa shape index (κ2) is 10.9. The molecule has 32 heavy (non-hydrogen) atoms. The first-order valence-corrected chi connectivity index (χ1v) is 12.2. The Bertz CT molecular complexity index is 1030. The lowest BCUT2D eigenvalue weighted by molar-refractivity contribution is -0.163. The Kier molecular flexibility index (Phi) is 8.18. The summed E-state index contributed by atoms with van der Waals surface area (Å²) in [4.78, 5) is 25.2. The van der Waals surface area contributed by atoms with E-state index in [1.54, 1.807) is 19.1 Å². The zero-order valence-electron chi connectivity index (χ0n) is 18.1. The molecule has 0 fully saturated rings. The molecule has 1 N–H and O–H groups in total. The van der Waals surface area contributed by atoms with Crippen LogP contribution in [-0.2, 0) is 20.9 Å². The molecule has 0 spiro atoms. The van der Waals surface area contributed by atoms with Crippen molar-refractivity contribution in [3.05, 3.63) is 87.3 Å². The first-order valence-electron chi connectivity index (χ1n) is 10.4. The van der Waals surface area contributed by atoms with Crippen LogP contribution in [-0.4, -0.2) is 29.1 Å². The van der Waals surface area contributed by atoms with Gasteiger partial charge in [0.15, 0.2) is 11.4 Å². The SMILES string of the molecule is CCOC(C)(CCC(=O)c1ccc([SH]2C=CC(OCc3ccccc3)=C2)cc1Cl)C(=O)O. The molecule has 0 aromatic heterocycles. The highest BCUT2D eigenvalue weighted by Gasteiger charge is 2.34. The smallest absolute Gasteiger partial charge is 0.335 e. The number of allylic oxidation sites excluding steroid dienone is 1. The molecule has 1 aliphatic rings. The zero-order chi connectivity index (χ0) is 23.1. The number of carboxylic acid groups (broad SMARTS) is 1. The van der Waals surface area contributed by atoms with E-state index in [2.05, 4.69) is 10.8 Å². The number of aliphatic carboxylic acids is 1. The first kappa shape index (κ1) is 24.1. The minimum atomic E-state index is -1.39. The number of halogens is 1. The maximum Gasteiger partial charge on any atom is 0.335 e. The second-order valence-electron chi connectivity index (χ2n) is 7.59. The summed E-state index contributed by atoms with van der Waals surface area (Å²) >= 11 is 6.42. The van der Waals surface area contributed by atoms with Gasteiger partial charge in [-0.05, 0) is 60.4 Å². The molecule has 0 saturated carbocycles. The molecule has 2 aromatic carbocycles. The van der Waals surface area contributed by atoms with Gasteiger partial charge in [-0.2, -0.15) is 10.9 Å². The second-order valence-corrected chi connectivity index (χ2v) is 9.88. The number of carbonyl (C=O) groups is 2. The van der Waals surface area contributed by atoms with E-state index >= 15 is 0 Å². The third-order valence-corrected chi connectivity index (χ3v) is 7.40. The highest BCUT2D eigenvalue weighted by molar-refractivity contribution is 8.22. The third-order valence-electron chi connectivity index (χ3n) is 5.21. The average Bonchev–Trinajstić information content (AvgIpc) is 3.26. The topological polar surface area (TPSA) is 72.8 Å². The molecule has 2 unspecified atom stereocenters. The number of ketones is 1. The molecule has 0 amide bonds. The van der Waals surface area contributed by atoms with Gasteiger partial charge >= 0.3 is 5.97 Å². The van der Waals surface area contributed by atoms with E-state index in [9.17, 15) is 14.7 Å². The van der Waals surface area contributed by atoms with E-state index in [-0.39, 0.29) is 25.2 Å². The van der Waals surface area contributed by atoms with Gasteiger partial charge in [0.05, 0.1) is 5.02 Å². The summed E-state index contributed by atoms with van der Waals surface area (Å²) in [5.41, 5.74) is 0.102. The standard InChI is InChI=1S/C25H27ClO5S/c1-3-31-25(2,24(28)29)13-11-23(27)21-10-9-20(15-22(21)26)32-14-12-19(17-32)30-16-18-7-5-4-6-8-18/h4-10,12,14-15,17,32H,3,11,13,16H2,1-2H3,(H,28,29). The Hall–Kier alpha value is -2.54. The van der Waals surface area contributed by atoms with Gasteiger partial charge in [-0.1, -0.05) is 41.9 Å². The fraction of sp³-hybridized carbons (Fsp3) is 0.280. The highest BCUT2D eigenvalue weighted by atomic mass is 35.5. The Balaban J connectivity index is 1.62. The van der Waals surface area contributed by atoms with Crippen LogP contribution in [0, 0.1) is 0 Å². The van der Waals surface area contributed by atoms with Crippen LogP contribution >= 0.6 is 22.5 Å². The Morgan fingerprint density at radius 3 is 2.56 bits per heavy atom. The summed E-state index contributed by atoms with van der Waals surface area (Å²) in [6.45, 7) is 3.97. The van der Waals surface area contributed by atoms with Crippen molar-refractivity contribution in [2.75, 3.05) is 6.61 Å². The van der Waals surface area contributed by atoms with Gasteiger partial charge in [0, 0.05) is 24.0 Å². The van der Waals surface area contributed by atoms with E-state index in [1.807, 2.05) is 42.5 Å². The Labute approximate surface area is 196 Å². The lowest BCUT2D eigenvalue weighted by Crippen LogP contribution is -2.38. The quantitative estimate of drug-likeness (QED) is 0.303. The molecule has 170 valence electrons.